The van der Waals surface area contributed by atoms with E-state index in [1.165, 1.54) is 4.90 Å². The number of benzene rings is 1. The molecule has 162 valence electrons. The molecular weight excluding hydrogens is 406 g/mol. The number of nitrogens with one attached hydrogen (secondary N) is 2. The van der Waals surface area contributed by atoms with E-state index in [0.29, 0.717) is 23.6 Å². The summed E-state index contributed by atoms with van der Waals surface area (Å²) >= 11 is 6.17. The number of urea groups is 1. The van der Waals surface area contributed by atoms with Gasteiger partial charge in [-0.05, 0) is 38.1 Å². The second-order valence-corrected chi connectivity index (χ2v) is 8.86. The van der Waals surface area contributed by atoms with Crippen molar-refractivity contribution in [3.63, 3.8) is 0 Å². The van der Waals surface area contributed by atoms with E-state index < -0.39 is 11.6 Å². The van der Waals surface area contributed by atoms with Gasteiger partial charge in [-0.3, -0.25) is 14.5 Å². The Morgan fingerprint density at radius 1 is 1.17 bits per heavy atom. The zero-order chi connectivity index (χ0) is 21.3. The van der Waals surface area contributed by atoms with Gasteiger partial charge in [-0.15, -0.1) is 0 Å². The molecule has 2 saturated heterocycles. The molecule has 1 spiro atoms. The SMILES string of the molecule is CN1CCN(c2ccc(Cl)cc2NC(=O)CCN2C(=O)NC3(CCCC3)C2=O)CC1. The van der Waals surface area contributed by atoms with Gasteiger partial charge in [-0.2, -0.15) is 0 Å². The maximum absolute atomic E-state index is 12.7. The lowest BCUT2D eigenvalue weighted by Gasteiger charge is -2.35. The van der Waals surface area contributed by atoms with Crippen molar-refractivity contribution >= 4 is 40.8 Å². The largest absolute Gasteiger partial charge is 0.367 e. The predicted molar refractivity (Wildman–Crippen MR) is 116 cm³/mol. The minimum Gasteiger partial charge on any atom is -0.367 e. The molecule has 4 amide bonds. The van der Waals surface area contributed by atoms with Gasteiger partial charge in [-0.25, -0.2) is 4.79 Å². The molecule has 9 heteroatoms. The lowest BCUT2D eigenvalue weighted by atomic mass is 9.98. The van der Waals surface area contributed by atoms with Gasteiger partial charge in [0.25, 0.3) is 5.91 Å². The second-order valence-electron chi connectivity index (χ2n) is 8.43. The first-order valence-electron chi connectivity index (χ1n) is 10.5. The molecule has 2 aliphatic heterocycles. The molecule has 1 saturated carbocycles. The highest BCUT2D eigenvalue weighted by Crippen LogP contribution is 2.35. The number of hydrogen-bond donors (Lipinski definition) is 2. The molecule has 3 fully saturated rings. The highest BCUT2D eigenvalue weighted by Gasteiger charge is 2.52. The fourth-order valence-corrected chi connectivity index (χ4v) is 4.73. The third kappa shape index (κ3) is 4.11. The van der Waals surface area contributed by atoms with Crippen LogP contribution >= 0.6 is 11.6 Å². The first-order chi connectivity index (χ1) is 14.4. The Labute approximate surface area is 181 Å². The van der Waals surface area contributed by atoms with Gasteiger partial charge >= 0.3 is 6.03 Å². The summed E-state index contributed by atoms with van der Waals surface area (Å²) in [5, 5.41) is 6.31. The van der Waals surface area contributed by atoms with Crippen molar-refractivity contribution in [3.05, 3.63) is 23.2 Å². The lowest BCUT2D eigenvalue weighted by molar-refractivity contribution is -0.131. The van der Waals surface area contributed by atoms with E-state index in [0.717, 1.165) is 44.7 Å². The zero-order valence-electron chi connectivity index (χ0n) is 17.2. The summed E-state index contributed by atoms with van der Waals surface area (Å²) in [6.07, 6.45) is 3.27. The maximum atomic E-state index is 12.7. The van der Waals surface area contributed by atoms with E-state index in [-0.39, 0.29) is 24.8 Å². The average Bonchev–Trinajstić information content (AvgIpc) is 3.27. The number of amides is 4. The fraction of sp³-hybridized carbons (Fsp3) is 0.571. The summed E-state index contributed by atoms with van der Waals surface area (Å²) in [7, 11) is 2.09. The van der Waals surface area contributed by atoms with Gasteiger partial charge in [0.1, 0.15) is 5.54 Å². The van der Waals surface area contributed by atoms with Gasteiger partial charge < -0.3 is 20.4 Å². The molecule has 0 unspecified atom stereocenters. The molecule has 3 aliphatic rings. The Morgan fingerprint density at radius 2 is 1.87 bits per heavy atom. The van der Waals surface area contributed by atoms with E-state index in [2.05, 4.69) is 27.5 Å². The van der Waals surface area contributed by atoms with Crippen LogP contribution in [0.1, 0.15) is 32.1 Å². The number of likely N-dealkylation sites (N-methyl/N-ethyl adjacent to an activating group) is 1. The van der Waals surface area contributed by atoms with Crippen molar-refractivity contribution in [2.75, 3.05) is 50.0 Å². The molecule has 1 aromatic carbocycles. The first kappa shape index (κ1) is 20.9. The highest BCUT2D eigenvalue weighted by molar-refractivity contribution is 6.31. The first-order valence-corrected chi connectivity index (χ1v) is 10.9. The van der Waals surface area contributed by atoms with Crippen LogP contribution < -0.4 is 15.5 Å². The fourth-order valence-electron chi connectivity index (χ4n) is 4.55. The topological polar surface area (TPSA) is 85.0 Å². The zero-order valence-corrected chi connectivity index (χ0v) is 18.0. The molecule has 30 heavy (non-hydrogen) atoms. The second kappa shape index (κ2) is 8.43. The monoisotopic (exact) mass is 433 g/mol. The van der Waals surface area contributed by atoms with Crippen molar-refractivity contribution in [2.45, 2.75) is 37.6 Å². The minimum atomic E-state index is -0.741. The Kier molecular flexibility index (Phi) is 5.88. The van der Waals surface area contributed by atoms with E-state index >= 15 is 0 Å². The molecule has 0 atom stereocenters. The Hall–Kier alpha value is -2.32. The number of piperazine rings is 1. The predicted octanol–water partition coefficient (Wildman–Crippen LogP) is 2.29. The van der Waals surface area contributed by atoms with Gasteiger partial charge in [0.05, 0.1) is 11.4 Å². The number of anilines is 2. The van der Waals surface area contributed by atoms with Crippen molar-refractivity contribution in [3.8, 4) is 0 Å². The number of imide groups is 1. The molecule has 2 N–H and O–H groups in total. The molecule has 0 aromatic heterocycles. The third-order valence-electron chi connectivity index (χ3n) is 6.34. The van der Waals surface area contributed by atoms with Crippen LogP contribution in [0.25, 0.3) is 0 Å². The van der Waals surface area contributed by atoms with Crippen LogP contribution in [0, 0.1) is 0 Å². The van der Waals surface area contributed by atoms with Crippen LogP contribution in [-0.4, -0.2) is 73.0 Å². The van der Waals surface area contributed by atoms with E-state index in [1.807, 2.05) is 12.1 Å². The van der Waals surface area contributed by atoms with E-state index in [1.54, 1.807) is 6.07 Å². The number of carbonyl (C=O) groups excluding carboxylic acids is 3. The lowest BCUT2D eigenvalue weighted by Crippen LogP contribution is -2.44. The number of carbonyl (C=O) groups is 3. The van der Waals surface area contributed by atoms with Crippen LogP contribution in [0.2, 0.25) is 5.02 Å². The Balaban J connectivity index is 1.39. The number of rotatable bonds is 5. The van der Waals surface area contributed by atoms with Crippen LogP contribution in [-0.2, 0) is 9.59 Å². The summed E-state index contributed by atoms with van der Waals surface area (Å²) in [6, 6.07) is 5.09. The van der Waals surface area contributed by atoms with Gasteiger partial charge in [0, 0.05) is 44.2 Å². The molecule has 4 rings (SSSR count). The summed E-state index contributed by atoms with van der Waals surface area (Å²) in [5.41, 5.74) is 0.844. The maximum Gasteiger partial charge on any atom is 0.325 e. The van der Waals surface area contributed by atoms with Crippen LogP contribution in [0.15, 0.2) is 18.2 Å². The average molecular weight is 434 g/mol. The quantitative estimate of drug-likeness (QED) is 0.696. The summed E-state index contributed by atoms with van der Waals surface area (Å²) in [5.74, 6) is -0.445. The summed E-state index contributed by atoms with van der Waals surface area (Å²) in [6.45, 7) is 3.70. The summed E-state index contributed by atoms with van der Waals surface area (Å²) < 4.78 is 0. The molecule has 0 radical (unpaired) electrons. The smallest absolute Gasteiger partial charge is 0.325 e. The molecule has 8 nitrogen and oxygen atoms in total. The van der Waals surface area contributed by atoms with Crippen LogP contribution in [0.3, 0.4) is 0 Å². The van der Waals surface area contributed by atoms with E-state index in [9.17, 15) is 14.4 Å². The van der Waals surface area contributed by atoms with Crippen molar-refractivity contribution in [2.24, 2.45) is 0 Å². The minimum absolute atomic E-state index is 0.0456. The molecule has 1 aliphatic carbocycles. The van der Waals surface area contributed by atoms with Crippen LogP contribution in [0.4, 0.5) is 16.2 Å². The Morgan fingerprint density at radius 3 is 2.57 bits per heavy atom. The Bertz CT molecular complexity index is 847. The van der Waals surface area contributed by atoms with Gasteiger partial charge in [-0.1, -0.05) is 24.4 Å². The van der Waals surface area contributed by atoms with Crippen LogP contribution in [0.5, 0.6) is 0 Å². The van der Waals surface area contributed by atoms with Gasteiger partial charge in [0.2, 0.25) is 5.91 Å². The molecule has 2 heterocycles. The highest BCUT2D eigenvalue weighted by atomic mass is 35.5. The van der Waals surface area contributed by atoms with Gasteiger partial charge in [0.15, 0.2) is 0 Å². The van der Waals surface area contributed by atoms with Crippen molar-refractivity contribution in [1.82, 2.24) is 15.1 Å². The summed E-state index contributed by atoms with van der Waals surface area (Å²) in [4.78, 5) is 43.3. The molecule has 1 aromatic rings. The van der Waals surface area contributed by atoms with E-state index in [4.69, 9.17) is 11.6 Å². The number of halogens is 1. The normalized spacial score (nSPS) is 21.4. The number of hydrogen-bond acceptors (Lipinski definition) is 5. The number of nitrogens with zero attached hydrogens (tertiary/aromatic N) is 3. The third-order valence-corrected chi connectivity index (χ3v) is 6.58. The van der Waals surface area contributed by atoms with Crippen molar-refractivity contribution < 1.29 is 14.4 Å². The molecule has 0 bridgehead atoms. The standard InChI is InChI=1S/C21H28ClN5O3/c1-25-10-12-26(13-11-25)17-5-4-15(22)14-16(17)23-18(28)6-9-27-19(29)21(24-20(27)30)7-2-3-8-21/h4-5,14H,2-3,6-13H2,1H3,(H,23,28)(H,24,30). The molecular formula is C21H28ClN5O3. The van der Waals surface area contributed by atoms with Crippen molar-refractivity contribution in [1.29, 1.82) is 0 Å².